The van der Waals surface area contributed by atoms with Crippen LogP contribution in [0.3, 0.4) is 0 Å². The molecule has 0 radical (unpaired) electrons. The maximum absolute atomic E-state index is 14.5. The van der Waals surface area contributed by atoms with Crippen molar-refractivity contribution in [2.75, 3.05) is 0 Å². The average molecular weight is 380 g/mol. The zero-order valence-corrected chi connectivity index (χ0v) is 14.2. The molecule has 0 bridgehead atoms. The van der Waals surface area contributed by atoms with E-state index in [1.165, 1.54) is 0 Å². The van der Waals surface area contributed by atoms with Crippen LogP contribution in [0.1, 0.15) is 18.9 Å². The minimum absolute atomic E-state index is 0.344. The molecular weight excluding hydrogens is 366 g/mol. The molecule has 0 saturated heterocycles. The molecule has 0 aliphatic rings. The van der Waals surface area contributed by atoms with E-state index in [1.54, 1.807) is 0 Å². The largest absolute Gasteiger partial charge is 0.207 e. The molecule has 0 saturated carbocycles. The molecular formula is C21H14F6. The zero-order valence-electron chi connectivity index (χ0n) is 14.2. The lowest BCUT2D eigenvalue weighted by atomic mass is 9.96. The molecule has 27 heavy (non-hydrogen) atoms. The van der Waals surface area contributed by atoms with Crippen LogP contribution >= 0.6 is 0 Å². The average Bonchev–Trinajstić information content (AvgIpc) is 2.53. The summed E-state index contributed by atoms with van der Waals surface area (Å²) in [6, 6.07) is 5.82. The standard InChI is InChI=1S/C21H14F6/c1-2-3-11-4-16(24)21(17(25)5-11)13-8-18(26)20(19(27)9-13)12-6-14(22)10-15(23)7-12/h4-10H,2-3H2,1H3. The molecule has 3 aromatic carbocycles. The van der Waals surface area contributed by atoms with Gasteiger partial charge in [0, 0.05) is 6.07 Å². The highest BCUT2D eigenvalue weighted by atomic mass is 19.2. The van der Waals surface area contributed by atoms with Crippen LogP contribution in [0.5, 0.6) is 0 Å². The van der Waals surface area contributed by atoms with Crippen molar-refractivity contribution in [2.45, 2.75) is 19.8 Å². The van der Waals surface area contributed by atoms with Gasteiger partial charge >= 0.3 is 0 Å². The van der Waals surface area contributed by atoms with E-state index in [0.717, 1.165) is 36.4 Å². The van der Waals surface area contributed by atoms with E-state index >= 15 is 0 Å². The van der Waals surface area contributed by atoms with E-state index in [0.29, 0.717) is 24.5 Å². The molecule has 3 aromatic rings. The van der Waals surface area contributed by atoms with Gasteiger partial charge in [-0.2, -0.15) is 0 Å². The Morgan fingerprint density at radius 2 is 0.963 bits per heavy atom. The van der Waals surface area contributed by atoms with E-state index in [9.17, 15) is 26.3 Å². The number of halogens is 6. The molecule has 0 fully saturated rings. The van der Waals surface area contributed by atoms with Crippen molar-refractivity contribution in [1.82, 2.24) is 0 Å². The molecule has 6 heteroatoms. The Bertz CT molecular complexity index is 943. The summed E-state index contributed by atoms with van der Waals surface area (Å²) < 4.78 is 84.3. The van der Waals surface area contributed by atoms with Crippen molar-refractivity contribution < 1.29 is 26.3 Å². The molecule has 0 N–H and O–H groups in total. The Kier molecular flexibility index (Phi) is 5.26. The van der Waals surface area contributed by atoms with Gasteiger partial charge in [0.15, 0.2) is 0 Å². The van der Waals surface area contributed by atoms with Gasteiger partial charge in [-0.05, 0) is 59.5 Å². The van der Waals surface area contributed by atoms with Crippen LogP contribution in [-0.2, 0) is 6.42 Å². The number of hydrogen-bond donors (Lipinski definition) is 0. The quantitative estimate of drug-likeness (QED) is 0.436. The van der Waals surface area contributed by atoms with Gasteiger partial charge in [0.1, 0.15) is 34.9 Å². The molecule has 0 spiro atoms. The topological polar surface area (TPSA) is 0 Å². The summed E-state index contributed by atoms with van der Waals surface area (Å²) in [5.41, 5.74) is -1.51. The highest BCUT2D eigenvalue weighted by Crippen LogP contribution is 2.34. The Morgan fingerprint density at radius 3 is 1.41 bits per heavy atom. The smallest absolute Gasteiger partial charge is 0.134 e. The lowest BCUT2D eigenvalue weighted by molar-refractivity contribution is 0.576. The third kappa shape index (κ3) is 3.84. The first-order valence-corrected chi connectivity index (χ1v) is 8.24. The summed E-state index contributed by atoms with van der Waals surface area (Å²) in [6.07, 6.45) is 1.14. The molecule has 0 atom stereocenters. The molecule has 0 heterocycles. The number of benzene rings is 3. The van der Waals surface area contributed by atoms with Crippen LogP contribution in [0.4, 0.5) is 26.3 Å². The minimum atomic E-state index is -1.19. The maximum Gasteiger partial charge on any atom is 0.134 e. The van der Waals surface area contributed by atoms with Crippen LogP contribution < -0.4 is 0 Å². The van der Waals surface area contributed by atoms with Gasteiger partial charge < -0.3 is 0 Å². The van der Waals surface area contributed by atoms with Crippen molar-refractivity contribution in [3.8, 4) is 22.3 Å². The fourth-order valence-corrected chi connectivity index (χ4v) is 3.03. The highest BCUT2D eigenvalue weighted by Gasteiger charge is 2.20. The predicted molar refractivity (Wildman–Crippen MR) is 91.1 cm³/mol. The van der Waals surface area contributed by atoms with E-state index < -0.39 is 46.0 Å². The minimum Gasteiger partial charge on any atom is -0.207 e. The van der Waals surface area contributed by atoms with Gasteiger partial charge in [0.25, 0.3) is 0 Å². The van der Waals surface area contributed by atoms with Gasteiger partial charge in [-0.15, -0.1) is 0 Å². The van der Waals surface area contributed by atoms with E-state index in [2.05, 4.69) is 0 Å². The van der Waals surface area contributed by atoms with E-state index in [-0.39, 0.29) is 11.1 Å². The van der Waals surface area contributed by atoms with Gasteiger partial charge in [-0.1, -0.05) is 13.3 Å². The summed E-state index contributed by atoms with van der Waals surface area (Å²) in [5.74, 6) is -6.27. The van der Waals surface area contributed by atoms with Gasteiger partial charge in [0.2, 0.25) is 0 Å². The van der Waals surface area contributed by atoms with Crippen molar-refractivity contribution in [3.05, 3.63) is 82.9 Å². The van der Waals surface area contributed by atoms with Crippen molar-refractivity contribution in [1.29, 1.82) is 0 Å². The molecule has 0 aromatic heterocycles. The van der Waals surface area contributed by atoms with Crippen molar-refractivity contribution in [3.63, 3.8) is 0 Å². The fourth-order valence-electron chi connectivity index (χ4n) is 3.03. The van der Waals surface area contributed by atoms with Crippen LogP contribution in [-0.4, -0.2) is 0 Å². The first-order chi connectivity index (χ1) is 12.8. The van der Waals surface area contributed by atoms with Gasteiger partial charge in [-0.25, -0.2) is 26.3 Å². The second kappa shape index (κ2) is 7.47. The Morgan fingerprint density at radius 1 is 0.556 bits per heavy atom. The van der Waals surface area contributed by atoms with E-state index in [1.807, 2.05) is 6.92 Å². The number of aryl methyl sites for hydroxylation is 1. The molecule has 140 valence electrons. The number of rotatable bonds is 4. The molecule has 0 nitrogen and oxygen atoms in total. The van der Waals surface area contributed by atoms with Crippen LogP contribution in [0, 0.1) is 34.9 Å². The lowest BCUT2D eigenvalue weighted by Crippen LogP contribution is -1.98. The van der Waals surface area contributed by atoms with Crippen LogP contribution in [0.2, 0.25) is 0 Å². The maximum atomic E-state index is 14.5. The monoisotopic (exact) mass is 380 g/mol. The Labute approximate surface area is 152 Å². The Balaban J connectivity index is 2.13. The summed E-state index contributed by atoms with van der Waals surface area (Å²) in [5, 5.41) is 0. The molecule has 0 unspecified atom stereocenters. The molecule has 0 aliphatic heterocycles. The molecule has 0 aliphatic carbocycles. The number of hydrogen-bond acceptors (Lipinski definition) is 0. The first kappa shape index (κ1) is 19.0. The van der Waals surface area contributed by atoms with Crippen LogP contribution in [0.15, 0.2) is 42.5 Å². The predicted octanol–water partition coefficient (Wildman–Crippen LogP) is 6.81. The summed E-state index contributed by atoms with van der Waals surface area (Å²) >= 11 is 0. The third-order valence-corrected chi connectivity index (χ3v) is 4.12. The second-order valence-electron chi connectivity index (χ2n) is 6.16. The summed E-state index contributed by atoms with van der Waals surface area (Å²) in [4.78, 5) is 0. The summed E-state index contributed by atoms with van der Waals surface area (Å²) in [6.45, 7) is 1.85. The summed E-state index contributed by atoms with van der Waals surface area (Å²) in [7, 11) is 0. The third-order valence-electron chi connectivity index (χ3n) is 4.12. The first-order valence-electron chi connectivity index (χ1n) is 8.24. The molecule has 0 amide bonds. The van der Waals surface area contributed by atoms with E-state index in [4.69, 9.17) is 0 Å². The highest BCUT2D eigenvalue weighted by molar-refractivity contribution is 5.72. The zero-order chi connectivity index (χ0) is 19.7. The van der Waals surface area contributed by atoms with Gasteiger partial charge in [-0.3, -0.25) is 0 Å². The normalized spacial score (nSPS) is 11.1. The van der Waals surface area contributed by atoms with Crippen LogP contribution in [0.25, 0.3) is 22.3 Å². The lowest BCUT2D eigenvalue weighted by Gasteiger charge is -2.12. The Hall–Kier alpha value is -2.76. The fraction of sp³-hybridized carbons (Fsp3) is 0.143. The van der Waals surface area contributed by atoms with Crippen molar-refractivity contribution in [2.24, 2.45) is 0 Å². The van der Waals surface area contributed by atoms with Crippen molar-refractivity contribution >= 4 is 0 Å². The SMILES string of the molecule is CCCc1cc(F)c(-c2cc(F)c(-c3cc(F)cc(F)c3)c(F)c2)c(F)c1. The molecule has 3 rings (SSSR count). The second-order valence-corrected chi connectivity index (χ2v) is 6.16. The van der Waals surface area contributed by atoms with Gasteiger partial charge in [0.05, 0.1) is 11.1 Å².